The van der Waals surface area contributed by atoms with Crippen LogP contribution >= 0.6 is 0 Å². The number of aromatic amines is 1. The predicted octanol–water partition coefficient (Wildman–Crippen LogP) is 2.00. The van der Waals surface area contributed by atoms with E-state index in [1.165, 1.54) is 6.92 Å². The maximum absolute atomic E-state index is 10.7. The lowest BCUT2D eigenvalue weighted by molar-refractivity contribution is -0.131. The molecule has 0 spiro atoms. The van der Waals surface area contributed by atoms with Crippen molar-refractivity contribution in [1.82, 2.24) is 9.97 Å². The van der Waals surface area contributed by atoms with Gasteiger partial charge < -0.3 is 9.72 Å². The largest absolute Gasteiger partial charge is 0.427 e. The zero-order valence-electron chi connectivity index (χ0n) is 8.23. The molecule has 0 saturated heterocycles. The molecular weight excluding hydrogens is 192 g/mol. The topological polar surface area (TPSA) is 55.0 Å². The molecule has 0 unspecified atom stereocenters. The van der Waals surface area contributed by atoms with E-state index >= 15 is 0 Å². The molecule has 4 heteroatoms. The first-order valence-corrected chi connectivity index (χ1v) is 4.54. The Hall–Kier alpha value is -2.10. The lowest BCUT2D eigenvalue weighted by atomic mass is 10.2. The van der Waals surface area contributed by atoms with Gasteiger partial charge in [0.2, 0.25) is 0 Å². The normalized spacial score (nSPS) is 9.93. The molecule has 1 N–H and O–H groups in total. The first kappa shape index (κ1) is 9.45. The van der Waals surface area contributed by atoms with Crippen molar-refractivity contribution < 1.29 is 9.53 Å². The van der Waals surface area contributed by atoms with E-state index in [0.29, 0.717) is 5.75 Å². The summed E-state index contributed by atoms with van der Waals surface area (Å²) in [5.41, 5.74) is 0.955. The predicted molar refractivity (Wildman–Crippen MR) is 55.3 cm³/mol. The third-order valence-corrected chi connectivity index (χ3v) is 1.89. The lowest BCUT2D eigenvalue weighted by Crippen LogP contribution is -2.00. The molecule has 1 aromatic heterocycles. The minimum atomic E-state index is -0.319. The third kappa shape index (κ3) is 2.22. The fraction of sp³-hybridized carbons (Fsp3) is 0.0909. The van der Waals surface area contributed by atoms with Gasteiger partial charge in [0.25, 0.3) is 0 Å². The van der Waals surface area contributed by atoms with Gasteiger partial charge in [-0.05, 0) is 24.3 Å². The number of nitrogens with zero attached hydrogens (tertiary/aromatic N) is 1. The van der Waals surface area contributed by atoms with E-state index in [-0.39, 0.29) is 5.97 Å². The van der Waals surface area contributed by atoms with E-state index in [0.717, 1.165) is 11.4 Å². The molecule has 1 aromatic carbocycles. The number of hydrogen-bond donors (Lipinski definition) is 1. The van der Waals surface area contributed by atoms with Crippen LogP contribution in [0.4, 0.5) is 0 Å². The van der Waals surface area contributed by atoms with Gasteiger partial charge in [-0.1, -0.05) is 0 Å². The lowest BCUT2D eigenvalue weighted by Gasteiger charge is -2.01. The van der Waals surface area contributed by atoms with Crippen LogP contribution in [-0.2, 0) is 4.79 Å². The number of benzene rings is 1. The van der Waals surface area contributed by atoms with E-state index < -0.39 is 0 Å². The first-order chi connectivity index (χ1) is 7.25. The van der Waals surface area contributed by atoms with E-state index in [1.807, 2.05) is 12.1 Å². The zero-order chi connectivity index (χ0) is 10.7. The average molecular weight is 202 g/mol. The molecule has 2 aromatic rings. The van der Waals surface area contributed by atoms with Gasteiger partial charge in [-0.3, -0.25) is 4.79 Å². The number of aromatic nitrogens is 2. The van der Waals surface area contributed by atoms with Crippen LogP contribution in [0.3, 0.4) is 0 Å². The van der Waals surface area contributed by atoms with Crippen molar-refractivity contribution in [2.75, 3.05) is 0 Å². The number of rotatable bonds is 2. The number of hydrogen-bond acceptors (Lipinski definition) is 3. The highest BCUT2D eigenvalue weighted by molar-refractivity contribution is 5.69. The number of esters is 1. The van der Waals surface area contributed by atoms with Gasteiger partial charge in [-0.2, -0.15) is 0 Å². The molecule has 0 aliphatic rings. The van der Waals surface area contributed by atoms with Crippen LogP contribution in [-0.4, -0.2) is 15.9 Å². The monoisotopic (exact) mass is 202 g/mol. The smallest absolute Gasteiger partial charge is 0.308 e. The van der Waals surface area contributed by atoms with Gasteiger partial charge in [0, 0.05) is 24.9 Å². The minimum absolute atomic E-state index is 0.319. The van der Waals surface area contributed by atoms with Crippen LogP contribution in [0.25, 0.3) is 11.4 Å². The van der Waals surface area contributed by atoms with E-state index in [2.05, 4.69) is 9.97 Å². The molecule has 0 radical (unpaired) electrons. The number of imidazole rings is 1. The van der Waals surface area contributed by atoms with Crippen molar-refractivity contribution in [2.45, 2.75) is 6.92 Å². The Kier molecular flexibility index (Phi) is 2.49. The van der Waals surface area contributed by atoms with Crippen molar-refractivity contribution in [3.8, 4) is 17.1 Å². The summed E-state index contributed by atoms with van der Waals surface area (Å²) in [6, 6.07) is 7.16. The van der Waals surface area contributed by atoms with Crippen LogP contribution in [0.2, 0.25) is 0 Å². The second-order valence-corrected chi connectivity index (χ2v) is 3.06. The molecule has 0 bridgehead atoms. The highest BCUT2D eigenvalue weighted by Gasteiger charge is 2.01. The maximum atomic E-state index is 10.7. The number of carbonyl (C=O) groups excluding carboxylic acids is 1. The molecule has 76 valence electrons. The molecule has 0 amide bonds. The van der Waals surface area contributed by atoms with Gasteiger partial charge >= 0.3 is 5.97 Å². The van der Waals surface area contributed by atoms with Gasteiger partial charge in [-0.15, -0.1) is 0 Å². The number of H-pyrrole nitrogens is 1. The van der Waals surface area contributed by atoms with Crippen molar-refractivity contribution >= 4 is 5.97 Å². The standard InChI is InChI=1S/C11H10N2O2/c1-8(14)15-10-4-2-9(3-5-10)11-12-6-7-13-11/h2-7H,1H3,(H,12,13). The Balaban J connectivity index is 2.21. The molecule has 4 nitrogen and oxygen atoms in total. The van der Waals surface area contributed by atoms with Gasteiger partial charge in [0.05, 0.1) is 0 Å². The molecule has 0 aliphatic heterocycles. The fourth-order valence-corrected chi connectivity index (χ4v) is 1.27. The summed E-state index contributed by atoms with van der Waals surface area (Å²) >= 11 is 0. The van der Waals surface area contributed by atoms with E-state index in [4.69, 9.17) is 4.74 Å². The van der Waals surface area contributed by atoms with E-state index in [9.17, 15) is 4.79 Å². The van der Waals surface area contributed by atoms with Crippen molar-refractivity contribution in [2.24, 2.45) is 0 Å². The van der Waals surface area contributed by atoms with Crippen LogP contribution in [0.1, 0.15) is 6.92 Å². The highest BCUT2D eigenvalue weighted by atomic mass is 16.5. The molecule has 15 heavy (non-hydrogen) atoms. The highest BCUT2D eigenvalue weighted by Crippen LogP contribution is 2.18. The molecule has 2 rings (SSSR count). The molecule has 0 atom stereocenters. The summed E-state index contributed by atoms with van der Waals surface area (Å²) in [5, 5.41) is 0. The minimum Gasteiger partial charge on any atom is -0.427 e. The Morgan fingerprint density at radius 1 is 1.33 bits per heavy atom. The number of nitrogens with one attached hydrogen (secondary N) is 1. The van der Waals surface area contributed by atoms with Crippen LogP contribution in [0, 0.1) is 0 Å². The third-order valence-electron chi connectivity index (χ3n) is 1.89. The first-order valence-electron chi connectivity index (χ1n) is 4.54. The SMILES string of the molecule is CC(=O)Oc1ccc(-c2ncc[nH]2)cc1. The van der Waals surface area contributed by atoms with Crippen molar-refractivity contribution in [3.63, 3.8) is 0 Å². The quantitative estimate of drug-likeness (QED) is 0.598. The van der Waals surface area contributed by atoms with Crippen molar-refractivity contribution in [1.29, 1.82) is 0 Å². The zero-order valence-corrected chi connectivity index (χ0v) is 8.23. The van der Waals surface area contributed by atoms with Crippen LogP contribution in [0.15, 0.2) is 36.7 Å². The molecule has 0 saturated carbocycles. The van der Waals surface area contributed by atoms with Crippen LogP contribution < -0.4 is 4.74 Å². The Bertz CT molecular complexity index is 446. The summed E-state index contributed by atoms with van der Waals surface area (Å²) in [6.07, 6.45) is 3.45. The number of ether oxygens (including phenoxy) is 1. The van der Waals surface area contributed by atoms with Crippen molar-refractivity contribution in [3.05, 3.63) is 36.7 Å². The van der Waals surface area contributed by atoms with Gasteiger partial charge in [0.15, 0.2) is 0 Å². The molecule has 1 heterocycles. The summed E-state index contributed by atoms with van der Waals surface area (Å²) in [5.74, 6) is 1.02. The summed E-state index contributed by atoms with van der Waals surface area (Å²) < 4.78 is 4.92. The Labute approximate surface area is 86.9 Å². The Morgan fingerprint density at radius 3 is 2.60 bits per heavy atom. The van der Waals surface area contributed by atoms with Gasteiger partial charge in [-0.25, -0.2) is 4.98 Å². The second kappa shape index (κ2) is 3.96. The molecular formula is C11H10N2O2. The van der Waals surface area contributed by atoms with E-state index in [1.54, 1.807) is 24.5 Å². The molecule has 0 aliphatic carbocycles. The summed E-state index contributed by atoms with van der Waals surface area (Å²) in [6.45, 7) is 1.38. The number of carbonyl (C=O) groups is 1. The second-order valence-electron chi connectivity index (χ2n) is 3.06. The fourth-order valence-electron chi connectivity index (χ4n) is 1.27. The van der Waals surface area contributed by atoms with Crippen LogP contribution in [0.5, 0.6) is 5.75 Å². The Morgan fingerprint density at radius 2 is 2.07 bits per heavy atom. The molecule has 0 fully saturated rings. The van der Waals surface area contributed by atoms with Gasteiger partial charge in [0.1, 0.15) is 11.6 Å². The summed E-state index contributed by atoms with van der Waals surface area (Å²) in [7, 11) is 0. The maximum Gasteiger partial charge on any atom is 0.308 e. The summed E-state index contributed by atoms with van der Waals surface area (Å²) in [4.78, 5) is 17.8. The average Bonchev–Trinajstić information content (AvgIpc) is 2.71.